The number of rotatable bonds is 5. The zero-order chi connectivity index (χ0) is 12.2. The van der Waals surface area contributed by atoms with E-state index in [1.165, 1.54) is 4.90 Å². The van der Waals surface area contributed by atoms with Crippen LogP contribution in [0.2, 0.25) is 0 Å². The van der Waals surface area contributed by atoms with Crippen LogP contribution in [-0.2, 0) is 9.59 Å². The van der Waals surface area contributed by atoms with Crippen LogP contribution in [0.4, 0.5) is 0 Å². The molecule has 0 spiro atoms. The third kappa shape index (κ3) is 3.81. The van der Waals surface area contributed by atoms with Gasteiger partial charge in [-0.05, 0) is 19.3 Å². The maximum atomic E-state index is 11.5. The molecule has 3 N–H and O–H groups in total. The highest BCUT2D eigenvalue weighted by Crippen LogP contribution is 2.31. The van der Waals surface area contributed by atoms with Crippen LogP contribution in [-0.4, -0.2) is 42.9 Å². The average Bonchev–Trinajstić information content (AvgIpc) is 2.14. The molecular formula is C11H21N3O2. The zero-order valence-corrected chi connectivity index (χ0v) is 10.1. The average molecular weight is 227 g/mol. The van der Waals surface area contributed by atoms with Gasteiger partial charge >= 0.3 is 0 Å². The molecule has 2 amide bonds. The Hall–Kier alpha value is -1.10. The van der Waals surface area contributed by atoms with Crippen LogP contribution in [0, 0.1) is 0 Å². The first-order chi connectivity index (χ1) is 7.43. The van der Waals surface area contributed by atoms with Crippen molar-refractivity contribution in [1.82, 2.24) is 10.2 Å². The molecule has 1 saturated carbocycles. The Kier molecular flexibility index (Phi) is 4.29. The van der Waals surface area contributed by atoms with Crippen molar-refractivity contribution in [3.8, 4) is 0 Å². The summed E-state index contributed by atoms with van der Waals surface area (Å²) in [5, 5.41) is 2.73. The molecule has 1 rings (SSSR count). The Morgan fingerprint density at radius 3 is 2.44 bits per heavy atom. The summed E-state index contributed by atoms with van der Waals surface area (Å²) in [4.78, 5) is 24.2. The first-order valence-electron chi connectivity index (χ1n) is 5.69. The van der Waals surface area contributed by atoms with Gasteiger partial charge in [-0.2, -0.15) is 0 Å². The van der Waals surface area contributed by atoms with Gasteiger partial charge in [-0.15, -0.1) is 0 Å². The van der Waals surface area contributed by atoms with Crippen LogP contribution in [0.3, 0.4) is 0 Å². The maximum Gasteiger partial charge on any atom is 0.223 e. The Morgan fingerprint density at radius 2 is 2.00 bits per heavy atom. The molecule has 0 saturated heterocycles. The number of carbonyl (C=O) groups excluding carboxylic acids is 2. The summed E-state index contributed by atoms with van der Waals surface area (Å²) in [7, 11) is 3.40. The second kappa shape index (κ2) is 5.30. The minimum absolute atomic E-state index is 0.0198. The van der Waals surface area contributed by atoms with Gasteiger partial charge in [0.1, 0.15) is 0 Å². The predicted octanol–water partition coefficient (Wildman–Crippen LogP) is -0.148. The second-order valence-corrected chi connectivity index (χ2v) is 4.78. The van der Waals surface area contributed by atoms with Gasteiger partial charge in [0.15, 0.2) is 0 Å². The summed E-state index contributed by atoms with van der Waals surface area (Å²) >= 11 is 0. The largest absolute Gasteiger partial charge is 0.356 e. The van der Waals surface area contributed by atoms with Gasteiger partial charge in [0.2, 0.25) is 11.8 Å². The molecule has 5 heteroatoms. The molecule has 0 bridgehead atoms. The van der Waals surface area contributed by atoms with Crippen LogP contribution in [0.15, 0.2) is 0 Å². The topological polar surface area (TPSA) is 75.4 Å². The van der Waals surface area contributed by atoms with Crippen molar-refractivity contribution in [2.45, 2.75) is 37.6 Å². The van der Waals surface area contributed by atoms with E-state index in [1.54, 1.807) is 14.1 Å². The fourth-order valence-electron chi connectivity index (χ4n) is 1.72. The van der Waals surface area contributed by atoms with Crippen LogP contribution in [0.1, 0.15) is 32.1 Å². The Balaban J connectivity index is 2.13. The molecule has 1 aliphatic rings. The molecule has 1 aliphatic carbocycles. The molecule has 0 atom stereocenters. The minimum Gasteiger partial charge on any atom is -0.356 e. The van der Waals surface area contributed by atoms with Gasteiger partial charge in [-0.1, -0.05) is 0 Å². The molecular weight excluding hydrogens is 206 g/mol. The van der Waals surface area contributed by atoms with E-state index in [0.717, 1.165) is 19.3 Å². The smallest absolute Gasteiger partial charge is 0.223 e. The molecule has 0 radical (unpaired) electrons. The Labute approximate surface area is 96.4 Å². The van der Waals surface area contributed by atoms with Gasteiger partial charge in [-0.25, -0.2) is 0 Å². The first-order valence-corrected chi connectivity index (χ1v) is 5.69. The van der Waals surface area contributed by atoms with Gasteiger partial charge < -0.3 is 16.0 Å². The normalized spacial score (nSPS) is 17.4. The summed E-state index contributed by atoms with van der Waals surface area (Å²) in [5.74, 6) is -0.0276. The SMILES string of the molecule is CN(C)C(=O)CCNC(=O)CC1(N)CCC1. The quantitative estimate of drug-likeness (QED) is 0.686. The third-order valence-electron chi connectivity index (χ3n) is 3.02. The van der Waals surface area contributed by atoms with Crippen LogP contribution in [0.25, 0.3) is 0 Å². The molecule has 0 aliphatic heterocycles. The van der Waals surface area contributed by atoms with Gasteiger partial charge in [0.05, 0.1) is 0 Å². The molecule has 0 unspecified atom stereocenters. The molecule has 0 aromatic heterocycles. The van der Waals surface area contributed by atoms with E-state index in [9.17, 15) is 9.59 Å². The minimum atomic E-state index is -0.282. The Bertz CT molecular complexity index is 272. The molecule has 5 nitrogen and oxygen atoms in total. The van der Waals surface area contributed by atoms with E-state index in [0.29, 0.717) is 19.4 Å². The summed E-state index contributed by atoms with van der Waals surface area (Å²) in [6.07, 6.45) is 3.69. The first kappa shape index (κ1) is 13.0. The molecule has 1 fully saturated rings. The van der Waals surface area contributed by atoms with E-state index in [1.807, 2.05) is 0 Å². The van der Waals surface area contributed by atoms with Crippen molar-refractivity contribution in [2.75, 3.05) is 20.6 Å². The summed E-state index contributed by atoms with van der Waals surface area (Å²) in [6, 6.07) is 0. The van der Waals surface area contributed by atoms with Gasteiger partial charge in [-0.3, -0.25) is 9.59 Å². The number of hydrogen-bond donors (Lipinski definition) is 2. The summed E-state index contributed by atoms with van der Waals surface area (Å²) in [5.41, 5.74) is 5.67. The van der Waals surface area contributed by atoms with Crippen molar-refractivity contribution in [3.05, 3.63) is 0 Å². The van der Waals surface area contributed by atoms with Crippen molar-refractivity contribution < 1.29 is 9.59 Å². The maximum absolute atomic E-state index is 11.5. The highest BCUT2D eigenvalue weighted by molar-refractivity contribution is 5.79. The molecule has 0 heterocycles. The Morgan fingerprint density at radius 1 is 1.38 bits per heavy atom. The van der Waals surface area contributed by atoms with Crippen molar-refractivity contribution in [1.29, 1.82) is 0 Å². The lowest BCUT2D eigenvalue weighted by Gasteiger charge is -2.37. The van der Waals surface area contributed by atoms with E-state index in [-0.39, 0.29) is 17.4 Å². The summed E-state index contributed by atoms with van der Waals surface area (Å²) < 4.78 is 0. The fourth-order valence-corrected chi connectivity index (χ4v) is 1.72. The fraction of sp³-hybridized carbons (Fsp3) is 0.818. The standard InChI is InChI=1S/C11H21N3O2/c1-14(2)10(16)4-7-13-9(15)8-11(12)5-3-6-11/h3-8,12H2,1-2H3,(H,13,15). The highest BCUT2D eigenvalue weighted by Gasteiger charge is 2.34. The number of carbonyl (C=O) groups is 2. The van der Waals surface area contributed by atoms with Crippen molar-refractivity contribution >= 4 is 11.8 Å². The van der Waals surface area contributed by atoms with Gasteiger partial charge in [0, 0.05) is 39.0 Å². The third-order valence-corrected chi connectivity index (χ3v) is 3.02. The molecule has 0 aromatic rings. The lowest BCUT2D eigenvalue weighted by atomic mass is 9.75. The van der Waals surface area contributed by atoms with Crippen molar-refractivity contribution in [2.24, 2.45) is 5.73 Å². The highest BCUT2D eigenvalue weighted by atomic mass is 16.2. The summed E-state index contributed by atoms with van der Waals surface area (Å²) in [6.45, 7) is 0.395. The van der Waals surface area contributed by atoms with Crippen LogP contribution in [0.5, 0.6) is 0 Å². The zero-order valence-electron chi connectivity index (χ0n) is 10.1. The number of nitrogens with one attached hydrogen (secondary N) is 1. The van der Waals surface area contributed by atoms with Crippen LogP contribution >= 0.6 is 0 Å². The monoisotopic (exact) mass is 227 g/mol. The molecule has 0 aromatic carbocycles. The van der Waals surface area contributed by atoms with E-state index >= 15 is 0 Å². The number of nitrogens with zero attached hydrogens (tertiary/aromatic N) is 1. The van der Waals surface area contributed by atoms with Gasteiger partial charge in [0.25, 0.3) is 0 Å². The molecule has 92 valence electrons. The predicted molar refractivity (Wildman–Crippen MR) is 61.7 cm³/mol. The second-order valence-electron chi connectivity index (χ2n) is 4.78. The lowest BCUT2D eigenvalue weighted by Crippen LogP contribution is -2.50. The molecule has 16 heavy (non-hydrogen) atoms. The van der Waals surface area contributed by atoms with Crippen LogP contribution < -0.4 is 11.1 Å². The van der Waals surface area contributed by atoms with E-state index < -0.39 is 0 Å². The van der Waals surface area contributed by atoms with E-state index in [2.05, 4.69) is 5.32 Å². The number of amides is 2. The van der Waals surface area contributed by atoms with E-state index in [4.69, 9.17) is 5.73 Å². The van der Waals surface area contributed by atoms with Crippen molar-refractivity contribution in [3.63, 3.8) is 0 Å². The lowest BCUT2D eigenvalue weighted by molar-refractivity contribution is -0.128. The number of hydrogen-bond acceptors (Lipinski definition) is 3. The number of nitrogens with two attached hydrogens (primary N) is 1.